The molecule has 1 N–H and O–H groups in total. The number of nitrogens with one attached hydrogen (secondary N) is 1. The number of carbonyl (C=O) groups excluding carboxylic acids is 2. The molecule has 1 aliphatic rings. The molecule has 2 aromatic carbocycles. The Labute approximate surface area is 159 Å². The molecule has 1 aliphatic heterocycles. The first kappa shape index (κ1) is 19.0. The lowest BCUT2D eigenvalue weighted by atomic mass is 10.0. The summed E-state index contributed by atoms with van der Waals surface area (Å²) in [5.74, 6) is 1.42. The van der Waals surface area contributed by atoms with Crippen LogP contribution in [0.2, 0.25) is 0 Å². The van der Waals surface area contributed by atoms with E-state index in [2.05, 4.69) is 24.4 Å². The minimum Gasteiger partial charge on any atom is -0.486 e. The summed E-state index contributed by atoms with van der Waals surface area (Å²) in [6.45, 7) is 3.71. The summed E-state index contributed by atoms with van der Waals surface area (Å²) in [5.41, 5.74) is 1.80. The first-order valence-corrected chi connectivity index (χ1v) is 9.35. The number of rotatable bonds is 8. The van der Waals surface area contributed by atoms with Crippen LogP contribution in [0.4, 0.5) is 0 Å². The summed E-state index contributed by atoms with van der Waals surface area (Å²) in [4.78, 5) is 24.4. The van der Waals surface area contributed by atoms with Crippen LogP contribution in [-0.2, 0) is 11.2 Å². The predicted octanol–water partition coefficient (Wildman–Crippen LogP) is 3.42. The second-order valence-electron chi connectivity index (χ2n) is 6.88. The van der Waals surface area contributed by atoms with Gasteiger partial charge in [-0.2, -0.15) is 0 Å². The van der Waals surface area contributed by atoms with Crippen LogP contribution in [0.1, 0.15) is 35.7 Å². The zero-order valence-corrected chi connectivity index (χ0v) is 15.6. The summed E-state index contributed by atoms with van der Waals surface area (Å²) < 4.78 is 10.9. The molecular weight excluding hydrogens is 342 g/mol. The lowest BCUT2D eigenvalue weighted by molar-refractivity contribution is -0.121. The number of benzene rings is 2. The minimum absolute atomic E-state index is 0.0699. The van der Waals surface area contributed by atoms with Crippen LogP contribution in [0.3, 0.4) is 0 Å². The summed E-state index contributed by atoms with van der Waals surface area (Å²) in [6.07, 6.45) is 1.28. The molecule has 0 aromatic heterocycles. The topological polar surface area (TPSA) is 64.6 Å². The third-order valence-electron chi connectivity index (χ3n) is 4.52. The van der Waals surface area contributed by atoms with Crippen LogP contribution >= 0.6 is 0 Å². The zero-order valence-electron chi connectivity index (χ0n) is 15.6. The molecule has 5 nitrogen and oxygen atoms in total. The van der Waals surface area contributed by atoms with Crippen LogP contribution in [0, 0.1) is 5.92 Å². The van der Waals surface area contributed by atoms with Crippen molar-refractivity contribution in [1.29, 1.82) is 0 Å². The van der Waals surface area contributed by atoms with E-state index in [0.717, 1.165) is 6.42 Å². The second kappa shape index (κ2) is 9.21. The van der Waals surface area contributed by atoms with Crippen LogP contribution in [0.25, 0.3) is 0 Å². The quantitative estimate of drug-likeness (QED) is 0.726. The molecule has 0 saturated carbocycles. The fourth-order valence-corrected chi connectivity index (χ4v) is 3.05. The number of fused-ring (bicyclic) bond motifs is 1. The summed E-state index contributed by atoms with van der Waals surface area (Å²) >= 11 is 0. The molecule has 1 amide bonds. The number of amides is 1. The van der Waals surface area contributed by atoms with Crippen LogP contribution < -0.4 is 14.8 Å². The maximum Gasteiger partial charge on any atom is 0.220 e. The van der Waals surface area contributed by atoms with Crippen molar-refractivity contribution in [1.82, 2.24) is 5.32 Å². The van der Waals surface area contributed by atoms with E-state index >= 15 is 0 Å². The highest BCUT2D eigenvalue weighted by Crippen LogP contribution is 2.31. The molecule has 1 heterocycles. The normalized spacial score (nSPS) is 13.7. The van der Waals surface area contributed by atoms with Gasteiger partial charge in [-0.3, -0.25) is 9.59 Å². The van der Waals surface area contributed by atoms with E-state index in [1.54, 1.807) is 18.2 Å². The van der Waals surface area contributed by atoms with Crippen molar-refractivity contribution in [2.45, 2.75) is 26.2 Å². The van der Waals surface area contributed by atoms with E-state index < -0.39 is 0 Å². The molecule has 2 aromatic rings. The van der Waals surface area contributed by atoms with Crippen molar-refractivity contribution in [3.05, 3.63) is 59.7 Å². The molecule has 0 radical (unpaired) electrons. The van der Waals surface area contributed by atoms with E-state index in [4.69, 9.17) is 9.47 Å². The molecule has 0 saturated heterocycles. The summed E-state index contributed by atoms with van der Waals surface area (Å²) in [7, 11) is 0. The predicted molar refractivity (Wildman–Crippen MR) is 103 cm³/mol. The SMILES string of the molecule is CC(CNC(=O)CCC(=O)c1ccc2c(c1)OCCO2)Cc1ccccc1. The average Bonchev–Trinajstić information content (AvgIpc) is 2.71. The number of hydrogen-bond donors (Lipinski definition) is 1. The first-order valence-electron chi connectivity index (χ1n) is 9.35. The average molecular weight is 367 g/mol. The van der Waals surface area contributed by atoms with Crippen LogP contribution in [0.5, 0.6) is 11.5 Å². The maximum absolute atomic E-state index is 12.3. The molecule has 142 valence electrons. The minimum atomic E-state index is -0.0965. The van der Waals surface area contributed by atoms with E-state index in [1.165, 1.54) is 5.56 Å². The molecule has 3 rings (SSSR count). The number of ketones is 1. The van der Waals surface area contributed by atoms with E-state index in [-0.39, 0.29) is 24.5 Å². The Balaban J connectivity index is 1.41. The molecule has 1 unspecified atom stereocenters. The van der Waals surface area contributed by atoms with Gasteiger partial charge < -0.3 is 14.8 Å². The fraction of sp³-hybridized carbons (Fsp3) is 0.364. The molecule has 0 spiro atoms. The summed E-state index contributed by atoms with van der Waals surface area (Å²) in [5, 5.41) is 2.92. The van der Waals surface area contributed by atoms with Crippen molar-refractivity contribution in [3.63, 3.8) is 0 Å². The highest BCUT2D eigenvalue weighted by atomic mass is 16.6. The van der Waals surface area contributed by atoms with Gasteiger partial charge >= 0.3 is 0 Å². The Bertz CT molecular complexity index is 788. The van der Waals surface area contributed by atoms with E-state index in [0.29, 0.717) is 42.7 Å². The zero-order chi connectivity index (χ0) is 19.1. The Morgan fingerprint density at radius 2 is 1.74 bits per heavy atom. The standard InChI is InChI=1S/C22H25NO4/c1-16(13-17-5-3-2-4-6-17)15-23-22(25)10-8-19(24)18-7-9-20-21(14-18)27-12-11-26-20/h2-7,9,14,16H,8,10-13,15H2,1H3,(H,23,25). The Hall–Kier alpha value is -2.82. The fourth-order valence-electron chi connectivity index (χ4n) is 3.05. The van der Waals surface area contributed by atoms with Gasteiger partial charge in [0.2, 0.25) is 5.91 Å². The lowest BCUT2D eigenvalue weighted by Crippen LogP contribution is -2.29. The number of ether oxygens (including phenoxy) is 2. The van der Waals surface area contributed by atoms with Crippen molar-refractivity contribution < 1.29 is 19.1 Å². The lowest BCUT2D eigenvalue weighted by Gasteiger charge is -2.18. The largest absolute Gasteiger partial charge is 0.486 e. The van der Waals surface area contributed by atoms with Gasteiger partial charge in [-0.1, -0.05) is 37.3 Å². The van der Waals surface area contributed by atoms with Gasteiger partial charge in [-0.25, -0.2) is 0 Å². The van der Waals surface area contributed by atoms with E-state index in [9.17, 15) is 9.59 Å². The number of Topliss-reactive ketones (excluding diaryl/α,β-unsaturated/α-hetero) is 1. The Morgan fingerprint density at radius 1 is 1.00 bits per heavy atom. The highest BCUT2D eigenvalue weighted by Gasteiger charge is 2.16. The van der Waals surface area contributed by atoms with Gasteiger partial charge in [0.05, 0.1) is 0 Å². The highest BCUT2D eigenvalue weighted by molar-refractivity contribution is 5.98. The molecule has 0 fully saturated rings. The van der Waals surface area contributed by atoms with Crippen molar-refractivity contribution >= 4 is 11.7 Å². The Kier molecular flexibility index (Phi) is 6.47. The van der Waals surface area contributed by atoms with Gasteiger partial charge in [-0.15, -0.1) is 0 Å². The number of carbonyl (C=O) groups is 2. The number of hydrogen-bond acceptors (Lipinski definition) is 4. The van der Waals surface area contributed by atoms with Crippen LogP contribution in [0.15, 0.2) is 48.5 Å². The van der Waals surface area contributed by atoms with Crippen LogP contribution in [-0.4, -0.2) is 31.4 Å². The van der Waals surface area contributed by atoms with Gasteiger partial charge in [0.15, 0.2) is 17.3 Å². The van der Waals surface area contributed by atoms with Gasteiger partial charge in [0.1, 0.15) is 13.2 Å². The molecule has 1 atom stereocenters. The monoisotopic (exact) mass is 367 g/mol. The maximum atomic E-state index is 12.3. The molecule has 27 heavy (non-hydrogen) atoms. The van der Waals surface area contributed by atoms with Gasteiger partial charge in [0.25, 0.3) is 0 Å². The third kappa shape index (κ3) is 5.58. The third-order valence-corrected chi connectivity index (χ3v) is 4.52. The van der Waals surface area contributed by atoms with Crippen molar-refractivity contribution in [3.8, 4) is 11.5 Å². The Morgan fingerprint density at radius 3 is 2.52 bits per heavy atom. The van der Waals surface area contributed by atoms with Crippen molar-refractivity contribution in [2.24, 2.45) is 5.92 Å². The molecule has 5 heteroatoms. The molecular formula is C22H25NO4. The smallest absolute Gasteiger partial charge is 0.220 e. The molecule has 0 bridgehead atoms. The first-order chi connectivity index (χ1) is 13.1. The second-order valence-corrected chi connectivity index (χ2v) is 6.88. The van der Waals surface area contributed by atoms with Gasteiger partial charge in [-0.05, 0) is 36.1 Å². The van der Waals surface area contributed by atoms with Crippen molar-refractivity contribution in [2.75, 3.05) is 19.8 Å². The molecule has 0 aliphatic carbocycles. The van der Waals surface area contributed by atoms with Gasteiger partial charge in [0, 0.05) is 24.9 Å². The summed E-state index contributed by atoms with van der Waals surface area (Å²) in [6, 6.07) is 15.4. The van der Waals surface area contributed by atoms with E-state index in [1.807, 2.05) is 18.2 Å².